The Morgan fingerprint density at radius 3 is 2.48 bits per heavy atom. The van der Waals surface area contributed by atoms with E-state index < -0.39 is 0 Å². The zero-order chi connectivity index (χ0) is 23.2. The van der Waals surface area contributed by atoms with E-state index in [0.29, 0.717) is 10.9 Å². The van der Waals surface area contributed by atoms with Gasteiger partial charge in [-0.05, 0) is 66.3 Å². The van der Waals surface area contributed by atoms with Crippen LogP contribution in [-0.2, 0) is 16.1 Å². The third-order valence-corrected chi connectivity index (χ3v) is 6.99. The van der Waals surface area contributed by atoms with E-state index in [1.807, 2.05) is 30.3 Å². The average Bonchev–Trinajstić information content (AvgIpc) is 2.83. The molecule has 4 rings (SSSR count). The van der Waals surface area contributed by atoms with Crippen LogP contribution in [0.15, 0.2) is 70.6 Å². The lowest BCUT2D eigenvalue weighted by molar-refractivity contribution is -0.150. The van der Waals surface area contributed by atoms with Gasteiger partial charge >= 0.3 is 5.97 Å². The number of anilines is 1. The minimum atomic E-state index is -0.143. The number of halogens is 1. The molecule has 7 heteroatoms. The van der Waals surface area contributed by atoms with Crippen molar-refractivity contribution >= 4 is 35.1 Å². The van der Waals surface area contributed by atoms with Gasteiger partial charge in [-0.2, -0.15) is 0 Å². The molecule has 2 heterocycles. The second-order valence-corrected chi connectivity index (χ2v) is 10.1. The zero-order valence-corrected chi connectivity index (χ0v) is 20.5. The molecule has 0 saturated carbocycles. The van der Waals surface area contributed by atoms with E-state index >= 15 is 0 Å². The van der Waals surface area contributed by atoms with E-state index in [0.717, 1.165) is 47.2 Å². The van der Waals surface area contributed by atoms with Crippen molar-refractivity contribution in [1.82, 2.24) is 10.2 Å². The van der Waals surface area contributed by atoms with Crippen LogP contribution in [0.1, 0.15) is 43.7 Å². The van der Waals surface area contributed by atoms with Gasteiger partial charge in [0, 0.05) is 23.0 Å². The molecular formula is C26H28ClN3O2S. The number of esters is 1. The fraction of sp³-hybridized carbons (Fsp3) is 0.346. The highest BCUT2D eigenvalue weighted by Gasteiger charge is 2.27. The van der Waals surface area contributed by atoms with Crippen LogP contribution in [0, 0.1) is 5.92 Å². The molecule has 3 aromatic rings. The molecule has 1 fully saturated rings. The summed E-state index contributed by atoms with van der Waals surface area (Å²) in [5, 5.41) is 10.3. The standard InChI is InChI=1S/C26H28ClN3O2S/c1-18(2)20-6-8-23(9-7-20)33-25-11-10-24(28-29-25)30-14-12-21(13-15-30)26(31)32-17-19-4-3-5-22(27)16-19/h3-11,16,18,21H,12-15,17H2,1-2H3. The number of hydrogen-bond donors (Lipinski definition) is 0. The van der Waals surface area contributed by atoms with Crippen LogP contribution in [0.3, 0.4) is 0 Å². The Kier molecular flexibility index (Phi) is 7.89. The molecule has 0 N–H and O–H groups in total. The number of ether oxygens (including phenoxy) is 1. The minimum Gasteiger partial charge on any atom is -0.461 e. The number of carbonyl (C=O) groups is 1. The van der Waals surface area contributed by atoms with Gasteiger partial charge in [0.2, 0.25) is 0 Å². The van der Waals surface area contributed by atoms with Crippen LogP contribution in [-0.4, -0.2) is 29.3 Å². The summed E-state index contributed by atoms with van der Waals surface area (Å²) in [6.07, 6.45) is 1.49. The Labute approximate surface area is 204 Å². The molecule has 0 aliphatic carbocycles. The molecule has 1 aliphatic rings. The third kappa shape index (κ3) is 6.49. The lowest BCUT2D eigenvalue weighted by Crippen LogP contribution is -2.37. The molecule has 5 nitrogen and oxygen atoms in total. The van der Waals surface area contributed by atoms with E-state index in [4.69, 9.17) is 16.3 Å². The van der Waals surface area contributed by atoms with Crippen molar-refractivity contribution in [3.05, 3.63) is 76.8 Å². The molecule has 0 spiro atoms. The van der Waals surface area contributed by atoms with Crippen LogP contribution >= 0.6 is 23.4 Å². The van der Waals surface area contributed by atoms with Crippen molar-refractivity contribution < 1.29 is 9.53 Å². The highest BCUT2D eigenvalue weighted by molar-refractivity contribution is 7.99. The van der Waals surface area contributed by atoms with Gasteiger partial charge in [-0.15, -0.1) is 10.2 Å². The van der Waals surface area contributed by atoms with E-state index in [-0.39, 0.29) is 18.5 Å². The lowest BCUT2D eigenvalue weighted by Gasteiger charge is -2.31. The summed E-state index contributed by atoms with van der Waals surface area (Å²) in [7, 11) is 0. The molecule has 0 unspecified atom stereocenters. The molecule has 0 atom stereocenters. The topological polar surface area (TPSA) is 55.3 Å². The summed E-state index contributed by atoms with van der Waals surface area (Å²) in [4.78, 5) is 15.8. The Balaban J connectivity index is 1.25. The monoisotopic (exact) mass is 481 g/mol. The number of nitrogens with zero attached hydrogens (tertiary/aromatic N) is 3. The Morgan fingerprint density at radius 1 is 1.09 bits per heavy atom. The van der Waals surface area contributed by atoms with Crippen molar-refractivity contribution in [2.75, 3.05) is 18.0 Å². The molecule has 2 aromatic carbocycles. The maximum absolute atomic E-state index is 12.5. The molecule has 0 radical (unpaired) electrons. The molecule has 172 valence electrons. The molecule has 33 heavy (non-hydrogen) atoms. The highest BCUT2D eigenvalue weighted by Crippen LogP contribution is 2.29. The molecule has 1 aliphatic heterocycles. The summed E-state index contributed by atoms with van der Waals surface area (Å²) in [5.41, 5.74) is 2.23. The first kappa shape index (κ1) is 23.6. The number of benzene rings is 2. The van der Waals surface area contributed by atoms with Crippen LogP contribution < -0.4 is 4.90 Å². The molecule has 0 amide bonds. The van der Waals surface area contributed by atoms with Crippen LogP contribution in [0.25, 0.3) is 0 Å². The predicted octanol–water partition coefficient (Wildman–Crippen LogP) is 6.36. The van der Waals surface area contributed by atoms with E-state index in [9.17, 15) is 4.79 Å². The molecule has 1 saturated heterocycles. The second kappa shape index (κ2) is 11.0. The smallest absolute Gasteiger partial charge is 0.309 e. The number of rotatable bonds is 7. The van der Waals surface area contributed by atoms with E-state index in [2.05, 4.69) is 53.2 Å². The molecule has 0 bridgehead atoms. The fourth-order valence-electron chi connectivity index (χ4n) is 3.82. The lowest BCUT2D eigenvalue weighted by atomic mass is 9.97. The van der Waals surface area contributed by atoms with E-state index in [1.165, 1.54) is 5.56 Å². The maximum Gasteiger partial charge on any atom is 0.309 e. The molecule has 1 aromatic heterocycles. The fourth-order valence-corrected chi connectivity index (χ4v) is 4.77. The largest absolute Gasteiger partial charge is 0.461 e. The van der Waals surface area contributed by atoms with Crippen LogP contribution in [0.4, 0.5) is 5.82 Å². The number of carbonyl (C=O) groups excluding carboxylic acids is 1. The van der Waals surface area contributed by atoms with Gasteiger partial charge < -0.3 is 9.64 Å². The van der Waals surface area contributed by atoms with Crippen LogP contribution in [0.5, 0.6) is 0 Å². The summed E-state index contributed by atoms with van der Waals surface area (Å²) in [5.74, 6) is 1.14. The average molecular weight is 482 g/mol. The Bertz CT molecular complexity index is 1070. The summed E-state index contributed by atoms with van der Waals surface area (Å²) < 4.78 is 5.51. The van der Waals surface area contributed by atoms with Gasteiger partial charge in [0.1, 0.15) is 11.6 Å². The van der Waals surface area contributed by atoms with Crippen molar-refractivity contribution in [2.45, 2.75) is 49.1 Å². The normalized spacial score (nSPS) is 14.5. The summed E-state index contributed by atoms with van der Waals surface area (Å²) in [6.45, 7) is 6.16. The van der Waals surface area contributed by atoms with Gasteiger partial charge in [0.25, 0.3) is 0 Å². The van der Waals surface area contributed by atoms with Crippen molar-refractivity contribution in [1.29, 1.82) is 0 Å². The summed E-state index contributed by atoms with van der Waals surface area (Å²) in [6, 6.07) is 20.0. The number of hydrogen-bond acceptors (Lipinski definition) is 6. The highest BCUT2D eigenvalue weighted by atomic mass is 35.5. The number of aromatic nitrogens is 2. The third-order valence-electron chi connectivity index (χ3n) is 5.82. The van der Waals surface area contributed by atoms with Crippen molar-refractivity contribution in [3.63, 3.8) is 0 Å². The first-order valence-corrected chi connectivity index (χ1v) is 12.4. The Morgan fingerprint density at radius 2 is 1.85 bits per heavy atom. The van der Waals surface area contributed by atoms with Crippen molar-refractivity contribution in [2.24, 2.45) is 5.92 Å². The number of piperidine rings is 1. The zero-order valence-electron chi connectivity index (χ0n) is 18.9. The predicted molar refractivity (Wildman–Crippen MR) is 133 cm³/mol. The van der Waals surface area contributed by atoms with Gasteiger partial charge in [-0.1, -0.05) is 61.5 Å². The summed E-state index contributed by atoms with van der Waals surface area (Å²) >= 11 is 7.60. The van der Waals surface area contributed by atoms with E-state index in [1.54, 1.807) is 17.8 Å². The Hall–Kier alpha value is -2.57. The van der Waals surface area contributed by atoms with Crippen molar-refractivity contribution in [3.8, 4) is 0 Å². The van der Waals surface area contributed by atoms with Crippen LogP contribution in [0.2, 0.25) is 5.02 Å². The van der Waals surface area contributed by atoms with Gasteiger partial charge in [0.15, 0.2) is 5.82 Å². The molecular weight excluding hydrogens is 454 g/mol. The maximum atomic E-state index is 12.5. The second-order valence-electron chi connectivity index (χ2n) is 8.55. The first-order valence-electron chi connectivity index (χ1n) is 11.3. The minimum absolute atomic E-state index is 0.0861. The SMILES string of the molecule is CC(C)c1ccc(Sc2ccc(N3CCC(C(=O)OCc4cccc(Cl)c4)CC3)nn2)cc1. The van der Waals surface area contributed by atoms with Gasteiger partial charge in [-0.3, -0.25) is 4.79 Å². The van der Waals surface area contributed by atoms with Gasteiger partial charge in [-0.25, -0.2) is 0 Å². The first-order chi connectivity index (χ1) is 16.0. The van der Waals surface area contributed by atoms with Gasteiger partial charge in [0.05, 0.1) is 5.92 Å². The quantitative estimate of drug-likeness (QED) is 0.366.